The Morgan fingerprint density at radius 3 is 2.54 bits per heavy atom. The second-order valence-electron chi connectivity index (χ2n) is 9.43. The predicted molar refractivity (Wildman–Crippen MR) is 125 cm³/mol. The highest BCUT2D eigenvalue weighted by Crippen LogP contribution is 2.46. The lowest BCUT2D eigenvalue weighted by Crippen LogP contribution is -2.38. The first-order valence-corrected chi connectivity index (χ1v) is 11.7. The van der Waals surface area contributed by atoms with E-state index in [1.165, 1.54) is 17.2 Å². The van der Waals surface area contributed by atoms with Crippen molar-refractivity contribution in [1.29, 1.82) is 0 Å². The van der Waals surface area contributed by atoms with Crippen molar-refractivity contribution >= 4 is 16.6 Å². The molecule has 182 valence electrons. The fourth-order valence-corrected chi connectivity index (χ4v) is 5.13. The molecule has 0 radical (unpaired) electrons. The highest BCUT2D eigenvalue weighted by molar-refractivity contribution is 5.88. The van der Waals surface area contributed by atoms with Gasteiger partial charge in [-0.2, -0.15) is 13.2 Å². The zero-order valence-electron chi connectivity index (χ0n) is 19.2. The Balaban J connectivity index is 1.46. The molecule has 7 nitrogen and oxygen atoms in total. The number of aromatic nitrogens is 4. The summed E-state index contributed by atoms with van der Waals surface area (Å²) >= 11 is 0. The van der Waals surface area contributed by atoms with Crippen molar-refractivity contribution in [2.24, 2.45) is 5.73 Å². The van der Waals surface area contributed by atoms with Gasteiger partial charge in [0.1, 0.15) is 23.0 Å². The zero-order valence-corrected chi connectivity index (χ0v) is 19.2. The number of alkyl halides is 3. The third kappa shape index (κ3) is 3.90. The van der Waals surface area contributed by atoms with E-state index in [0.29, 0.717) is 41.6 Å². The molecular weight excluding hydrogens is 457 g/mol. The molecule has 2 atom stereocenters. The van der Waals surface area contributed by atoms with Gasteiger partial charge in [0, 0.05) is 30.7 Å². The van der Waals surface area contributed by atoms with Crippen molar-refractivity contribution in [3.8, 4) is 17.3 Å². The first-order valence-electron chi connectivity index (χ1n) is 11.7. The van der Waals surface area contributed by atoms with E-state index in [0.717, 1.165) is 29.5 Å². The van der Waals surface area contributed by atoms with Crippen LogP contribution in [0.2, 0.25) is 0 Å². The van der Waals surface area contributed by atoms with E-state index < -0.39 is 12.2 Å². The number of hydrogen-bond acceptors (Lipinski definition) is 6. The van der Waals surface area contributed by atoms with E-state index in [1.807, 2.05) is 18.2 Å². The molecule has 1 aromatic carbocycles. The lowest BCUT2D eigenvalue weighted by Gasteiger charge is -2.30. The molecule has 0 bridgehead atoms. The van der Waals surface area contributed by atoms with Crippen LogP contribution in [0.15, 0.2) is 42.6 Å². The summed E-state index contributed by atoms with van der Waals surface area (Å²) in [4.78, 5) is 6.22. The smallest absolute Gasteiger partial charge is 0.408 e. The Kier molecular flexibility index (Phi) is 5.19. The van der Waals surface area contributed by atoms with Gasteiger partial charge in [0.05, 0.1) is 7.11 Å². The van der Waals surface area contributed by atoms with Crippen LogP contribution >= 0.6 is 0 Å². The van der Waals surface area contributed by atoms with Gasteiger partial charge < -0.3 is 10.5 Å². The Bertz CT molecular complexity index is 1410. The normalized spacial score (nSPS) is 20.1. The topological polar surface area (TPSA) is 81.6 Å². The van der Waals surface area contributed by atoms with Crippen LogP contribution in [0.25, 0.3) is 28.1 Å². The number of hydrogen-bond donors (Lipinski definition) is 1. The summed E-state index contributed by atoms with van der Waals surface area (Å²) in [5.74, 6) is 1.60. The van der Waals surface area contributed by atoms with E-state index in [1.54, 1.807) is 17.6 Å². The highest BCUT2D eigenvalue weighted by atomic mass is 19.4. The molecule has 2 fully saturated rings. The fourth-order valence-electron chi connectivity index (χ4n) is 5.13. The maximum Gasteiger partial charge on any atom is 0.408 e. The van der Waals surface area contributed by atoms with Gasteiger partial charge in [0.25, 0.3) is 0 Å². The minimum absolute atomic E-state index is 0.120. The highest BCUT2D eigenvalue weighted by Gasteiger charge is 2.46. The van der Waals surface area contributed by atoms with Crippen molar-refractivity contribution in [2.45, 2.75) is 43.4 Å². The molecule has 4 aromatic rings. The predicted octanol–water partition coefficient (Wildman–Crippen LogP) is 4.47. The average Bonchev–Trinajstić information content (AvgIpc) is 3.46. The molecule has 1 aliphatic carbocycles. The number of fused-ring (bicyclic) bond motifs is 2. The first kappa shape index (κ1) is 22.2. The zero-order chi connectivity index (χ0) is 24.3. The van der Waals surface area contributed by atoms with Gasteiger partial charge in [0.15, 0.2) is 11.5 Å². The number of methoxy groups -OCH3 is 1. The Morgan fingerprint density at radius 2 is 1.86 bits per heavy atom. The first-order chi connectivity index (χ1) is 16.8. The third-order valence-electron chi connectivity index (χ3n) is 6.97. The molecule has 35 heavy (non-hydrogen) atoms. The van der Waals surface area contributed by atoms with Crippen molar-refractivity contribution < 1.29 is 17.9 Å². The number of ether oxygens (including phenoxy) is 1. The van der Waals surface area contributed by atoms with Crippen LogP contribution in [0.4, 0.5) is 13.2 Å². The molecule has 2 N–H and O–H groups in total. The Labute approximate surface area is 199 Å². The quantitative estimate of drug-likeness (QED) is 0.452. The number of nitrogens with zero attached hydrogens (tertiary/aromatic N) is 5. The molecule has 4 heterocycles. The van der Waals surface area contributed by atoms with Crippen molar-refractivity contribution in [3.63, 3.8) is 0 Å². The van der Waals surface area contributed by atoms with Gasteiger partial charge in [-0.1, -0.05) is 24.3 Å². The third-order valence-corrected chi connectivity index (χ3v) is 6.97. The number of likely N-dealkylation sites (tertiary alicyclic amines) is 1. The van der Waals surface area contributed by atoms with Crippen molar-refractivity contribution in [1.82, 2.24) is 24.5 Å². The number of pyridine rings is 2. The monoisotopic (exact) mass is 482 g/mol. The van der Waals surface area contributed by atoms with Gasteiger partial charge in [-0.05, 0) is 48.4 Å². The van der Waals surface area contributed by atoms with Crippen molar-refractivity contribution in [2.75, 3.05) is 20.2 Å². The fraction of sp³-hybridized carbons (Fsp3) is 0.400. The average molecular weight is 483 g/mol. The summed E-state index contributed by atoms with van der Waals surface area (Å²) < 4.78 is 49.8. The maximum atomic E-state index is 14.2. The van der Waals surface area contributed by atoms with Crippen LogP contribution in [0.3, 0.4) is 0 Å². The van der Waals surface area contributed by atoms with E-state index >= 15 is 0 Å². The molecule has 2 aliphatic rings. The van der Waals surface area contributed by atoms with E-state index in [4.69, 9.17) is 15.5 Å². The van der Waals surface area contributed by atoms with Gasteiger partial charge >= 0.3 is 6.18 Å². The molecule has 1 saturated heterocycles. The van der Waals surface area contributed by atoms with E-state index in [2.05, 4.69) is 16.3 Å². The maximum absolute atomic E-state index is 14.2. The molecule has 1 saturated carbocycles. The molecule has 10 heteroatoms. The largest absolute Gasteiger partial charge is 0.494 e. The second-order valence-corrected chi connectivity index (χ2v) is 9.43. The summed E-state index contributed by atoms with van der Waals surface area (Å²) in [7, 11) is 1.63. The minimum atomic E-state index is -4.44. The number of halogens is 3. The molecule has 2 unspecified atom stereocenters. The second kappa shape index (κ2) is 8.17. The van der Waals surface area contributed by atoms with Crippen LogP contribution in [-0.2, 0) is 0 Å². The number of rotatable bonds is 5. The van der Waals surface area contributed by atoms with Crippen LogP contribution in [-0.4, -0.2) is 56.9 Å². The summed E-state index contributed by atoms with van der Waals surface area (Å²) in [6.45, 7) is 0.500. The summed E-state index contributed by atoms with van der Waals surface area (Å²) in [6.07, 6.45) is -0.183. The Morgan fingerprint density at radius 1 is 1.06 bits per heavy atom. The number of nitrogens with two attached hydrogens (primary N) is 1. The van der Waals surface area contributed by atoms with Crippen LogP contribution < -0.4 is 10.5 Å². The summed E-state index contributed by atoms with van der Waals surface area (Å²) in [5, 5.41) is 9.36. The number of benzene rings is 1. The molecule has 0 amide bonds. The SMILES string of the molecule is COc1c(C2CC2)ccc2ccc(-c3nnc4ccc(C(N5CCC(N)C5)C(F)(F)F)cn34)nc12. The summed E-state index contributed by atoms with van der Waals surface area (Å²) in [6, 6.07) is 8.86. The van der Waals surface area contributed by atoms with E-state index in [-0.39, 0.29) is 18.2 Å². The molecule has 3 aromatic heterocycles. The van der Waals surface area contributed by atoms with Gasteiger partial charge in [-0.25, -0.2) is 4.98 Å². The van der Waals surface area contributed by atoms with Crippen molar-refractivity contribution in [3.05, 3.63) is 53.7 Å². The van der Waals surface area contributed by atoms with Gasteiger partial charge in [-0.15, -0.1) is 10.2 Å². The van der Waals surface area contributed by atoms with Crippen LogP contribution in [0.1, 0.15) is 42.3 Å². The van der Waals surface area contributed by atoms with E-state index in [9.17, 15) is 13.2 Å². The van der Waals surface area contributed by atoms with Gasteiger partial charge in [0.2, 0.25) is 0 Å². The van der Waals surface area contributed by atoms with Crippen LogP contribution in [0, 0.1) is 0 Å². The molecule has 1 aliphatic heterocycles. The molecule has 0 spiro atoms. The molecular formula is C25H25F3N6O. The van der Waals surface area contributed by atoms with Crippen LogP contribution in [0.5, 0.6) is 5.75 Å². The lowest BCUT2D eigenvalue weighted by atomic mass is 10.1. The lowest BCUT2D eigenvalue weighted by molar-refractivity contribution is -0.183. The Hall–Kier alpha value is -3.24. The van der Waals surface area contributed by atoms with Gasteiger partial charge in [-0.3, -0.25) is 9.30 Å². The standard InChI is InChI=1S/C25H25F3N6O/c1-35-22-18(14-2-3-14)7-4-15-5-8-19(30-21(15)22)24-32-31-20-9-6-16(12-34(20)24)23(25(26,27)28)33-11-10-17(29)13-33/h4-9,12,14,17,23H,2-3,10-11,13,29H2,1H3. The summed E-state index contributed by atoms with van der Waals surface area (Å²) in [5.41, 5.74) is 8.83. The minimum Gasteiger partial charge on any atom is -0.494 e. The molecule has 6 rings (SSSR count).